The molecule has 0 saturated heterocycles. The molecule has 5 nitrogen and oxygen atoms in total. The molecule has 1 heterocycles. The van der Waals surface area contributed by atoms with E-state index in [2.05, 4.69) is 27.6 Å². The Labute approximate surface area is 173 Å². The Morgan fingerprint density at radius 1 is 1.17 bits per heavy atom. The standard InChI is InChI=1S/C22H23FN4OS/c1-15(21(28)24-17-11-12-17)29-22-26-25-20(18-9-5-6-10-19(18)23)27(22)14-13-16-7-3-2-4-8-16/h2-10,15,17H,11-14H2,1H3,(H,24,28)/t15-/m1/s1. The average molecular weight is 411 g/mol. The summed E-state index contributed by atoms with van der Waals surface area (Å²) >= 11 is 1.36. The van der Waals surface area contributed by atoms with Gasteiger partial charge in [0.25, 0.3) is 0 Å². The van der Waals surface area contributed by atoms with E-state index in [1.807, 2.05) is 29.7 Å². The van der Waals surface area contributed by atoms with Gasteiger partial charge < -0.3 is 9.88 Å². The summed E-state index contributed by atoms with van der Waals surface area (Å²) in [6, 6.07) is 17.0. The summed E-state index contributed by atoms with van der Waals surface area (Å²) in [4.78, 5) is 12.4. The maximum Gasteiger partial charge on any atom is 0.233 e. The van der Waals surface area contributed by atoms with E-state index in [1.54, 1.807) is 18.2 Å². The highest BCUT2D eigenvalue weighted by Gasteiger charge is 2.27. The molecular weight excluding hydrogens is 387 g/mol. The van der Waals surface area contributed by atoms with Gasteiger partial charge in [0.1, 0.15) is 5.82 Å². The largest absolute Gasteiger partial charge is 0.352 e. The number of hydrogen-bond donors (Lipinski definition) is 1. The smallest absolute Gasteiger partial charge is 0.233 e. The highest BCUT2D eigenvalue weighted by Crippen LogP contribution is 2.29. The van der Waals surface area contributed by atoms with Gasteiger partial charge in [-0.2, -0.15) is 0 Å². The minimum atomic E-state index is -0.336. The molecule has 1 aromatic heterocycles. The van der Waals surface area contributed by atoms with Gasteiger partial charge in [0.15, 0.2) is 11.0 Å². The second kappa shape index (κ2) is 8.78. The van der Waals surface area contributed by atoms with Crippen LogP contribution in [0.15, 0.2) is 59.8 Å². The van der Waals surface area contributed by atoms with E-state index >= 15 is 0 Å². The Morgan fingerprint density at radius 3 is 2.62 bits per heavy atom. The van der Waals surface area contributed by atoms with E-state index in [1.165, 1.54) is 23.4 Å². The minimum absolute atomic E-state index is 0.00236. The molecular formula is C22H23FN4OS. The van der Waals surface area contributed by atoms with Gasteiger partial charge in [-0.3, -0.25) is 4.79 Å². The highest BCUT2D eigenvalue weighted by atomic mass is 32.2. The Bertz CT molecular complexity index is 987. The minimum Gasteiger partial charge on any atom is -0.352 e. The van der Waals surface area contributed by atoms with Gasteiger partial charge >= 0.3 is 0 Å². The van der Waals surface area contributed by atoms with Gasteiger partial charge in [-0.1, -0.05) is 54.2 Å². The molecule has 29 heavy (non-hydrogen) atoms. The van der Waals surface area contributed by atoms with Crippen LogP contribution in [0.25, 0.3) is 11.4 Å². The van der Waals surface area contributed by atoms with Gasteiger partial charge in [-0.25, -0.2) is 4.39 Å². The van der Waals surface area contributed by atoms with Crippen molar-refractivity contribution in [1.29, 1.82) is 0 Å². The molecule has 0 spiro atoms. The number of aryl methyl sites for hydroxylation is 1. The molecule has 0 bridgehead atoms. The van der Waals surface area contributed by atoms with Crippen molar-refractivity contribution in [2.75, 3.05) is 0 Å². The number of nitrogens with one attached hydrogen (secondary N) is 1. The lowest BCUT2D eigenvalue weighted by molar-refractivity contribution is -0.120. The van der Waals surface area contributed by atoms with Gasteiger partial charge in [-0.05, 0) is 43.9 Å². The molecule has 150 valence electrons. The van der Waals surface area contributed by atoms with E-state index in [4.69, 9.17) is 0 Å². The van der Waals surface area contributed by atoms with E-state index in [-0.39, 0.29) is 17.0 Å². The first kappa shape index (κ1) is 19.6. The number of benzene rings is 2. The summed E-state index contributed by atoms with van der Waals surface area (Å²) in [6.45, 7) is 2.46. The Kier molecular flexibility index (Phi) is 5.94. The Hall–Kier alpha value is -2.67. The first-order chi connectivity index (χ1) is 14.1. The zero-order chi connectivity index (χ0) is 20.2. The first-order valence-electron chi connectivity index (χ1n) is 9.81. The van der Waals surface area contributed by atoms with Crippen molar-refractivity contribution in [2.24, 2.45) is 0 Å². The van der Waals surface area contributed by atoms with Gasteiger partial charge in [-0.15, -0.1) is 10.2 Å². The summed E-state index contributed by atoms with van der Waals surface area (Å²) in [5.41, 5.74) is 1.59. The fourth-order valence-electron chi connectivity index (χ4n) is 3.06. The van der Waals surface area contributed by atoms with Crippen molar-refractivity contribution < 1.29 is 9.18 Å². The van der Waals surface area contributed by atoms with E-state index < -0.39 is 0 Å². The molecule has 4 rings (SSSR count). The van der Waals surface area contributed by atoms with Crippen LogP contribution in [0, 0.1) is 5.82 Å². The molecule has 0 unspecified atom stereocenters. The molecule has 1 fully saturated rings. The van der Waals surface area contributed by atoms with Crippen molar-refractivity contribution in [3.05, 3.63) is 66.0 Å². The van der Waals surface area contributed by atoms with Gasteiger partial charge in [0.2, 0.25) is 5.91 Å². The van der Waals surface area contributed by atoms with Crippen LogP contribution in [0.5, 0.6) is 0 Å². The van der Waals surface area contributed by atoms with E-state index in [0.717, 1.165) is 19.3 Å². The molecule has 0 aliphatic heterocycles. The lowest BCUT2D eigenvalue weighted by atomic mass is 10.1. The topological polar surface area (TPSA) is 59.8 Å². The Morgan fingerprint density at radius 2 is 1.90 bits per heavy atom. The maximum absolute atomic E-state index is 14.4. The quantitative estimate of drug-likeness (QED) is 0.569. The van der Waals surface area contributed by atoms with Crippen molar-refractivity contribution in [3.8, 4) is 11.4 Å². The van der Waals surface area contributed by atoms with Gasteiger partial charge in [0.05, 0.1) is 10.8 Å². The lowest BCUT2D eigenvalue weighted by Crippen LogP contribution is -2.32. The number of nitrogens with zero attached hydrogens (tertiary/aromatic N) is 3. The third-order valence-electron chi connectivity index (χ3n) is 4.87. The molecule has 0 radical (unpaired) electrons. The van der Waals surface area contributed by atoms with Crippen LogP contribution in [0.3, 0.4) is 0 Å². The Balaban J connectivity index is 1.59. The summed E-state index contributed by atoms with van der Waals surface area (Å²) in [6.07, 6.45) is 2.86. The number of carbonyl (C=O) groups is 1. The van der Waals surface area contributed by atoms with Crippen LogP contribution in [0.1, 0.15) is 25.3 Å². The molecule has 1 amide bonds. The third kappa shape index (κ3) is 4.85. The average Bonchev–Trinajstić information content (AvgIpc) is 3.46. The second-order valence-electron chi connectivity index (χ2n) is 7.22. The normalized spacial score (nSPS) is 14.6. The van der Waals surface area contributed by atoms with Crippen LogP contribution in [-0.4, -0.2) is 32.0 Å². The SMILES string of the molecule is C[C@@H](Sc1nnc(-c2ccccc2F)n1CCc1ccccc1)C(=O)NC1CC1. The number of hydrogen-bond acceptors (Lipinski definition) is 4. The predicted octanol–water partition coefficient (Wildman–Crippen LogP) is 4.09. The maximum atomic E-state index is 14.4. The third-order valence-corrected chi connectivity index (χ3v) is 5.95. The van der Waals surface area contributed by atoms with Crippen LogP contribution >= 0.6 is 11.8 Å². The molecule has 1 aliphatic carbocycles. The lowest BCUT2D eigenvalue weighted by Gasteiger charge is -2.14. The van der Waals surface area contributed by atoms with Crippen LogP contribution in [-0.2, 0) is 17.8 Å². The molecule has 2 aromatic carbocycles. The number of halogens is 1. The first-order valence-corrected chi connectivity index (χ1v) is 10.7. The number of aromatic nitrogens is 3. The summed E-state index contributed by atoms with van der Waals surface area (Å²) in [5.74, 6) is 0.149. The zero-order valence-electron chi connectivity index (χ0n) is 16.2. The zero-order valence-corrected chi connectivity index (χ0v) is 17.0. The fourth-order valence-corrected chi connectivity index (χ4v) is 3.95. The number of thioether (sulfide) groups is 1. The molecule has 1 N–H and O–H groups in total. The van der Waals surface area contributed by atoms with Gasteiger partial charge in [0, 0.05) is 12.6 Å². The molecule has 1 atom stereocenters. The van der Waals surface area contributed by atoms with Crippen LogP contribution in [0.4, 0.5) is 4.39 Å². The van der Waals surface area contributed by atoms with Crippen molar-refractivity contribution in [3.63, 3.8) is 0 Å². The monoisotopic (exact) mass is 410 g/mol. The van der Waals surface area contributed by atoms with Crippen molar-refractivity contribution in [2.45, 2.75) is 49.2 Å². The summed E-state index contributed by atoms with van der Waals surface area (Å²) in [5, 5.41) is 11.9. The fraction of sp³-hybridized carbons (Fsp3) is 0.318. The summed E-state index contributed by atoms with van der Waals surface area (Å²) < 4.78 is 16.3. The van der Waals surface area contributed by atoms with E-state index in [9.17, 15) is 9.18 Å². The van der Waals surface area contributed by atoms with Crippen LogP contribution < -0.4 is 5.32 Å². The highest BCUT2D eigenvalue weighted by molar-refractivity contribution is 8.00. The van der Waals surface area contributed by atoms with Crippen molar-refractivity contribution >= 4 is 17.7 Å². The molecule has 1 aliphatic rings. The molecule has 7 heteroatoms. The number of amides is 1. The van der Waals surface area contributed by atoms with Crippen molar-refractivity contribution in [1.82, 2.24) is 20.1 Å². The predicted molar refractivity (Wildman–Crippen MR) is 112 cm³/mol. The second-order valence-corrected chi connectivity index (χ2v) is 8.52. The van der Waals surface area contributed by atoms with E-state index in [0.29, 0.717) is 29.1 Å². The van der Waals surface area contributed by atoms with Crippen LogP contribution in [0.2, 0.25) is 0 Å². The molecule has 1 saturated carbocycles. The summed E-state index contributed by atoms with van der Waals surface area (Å²) in [7, 11) is 0. The number of carbonyl (C=O) groups excluding carboxylic acids is 1. The molecule has 3 aromatic rings. The number of rotatable bonds is 8.